The molecule has 4 aromatic carbocycles. The predicted molar refractivity (Wildman–Crippen MR) is 347 cm³/mol. The number of hydrogen-bond acceptors (Lipinski definition) is 17. The van der Waals surface area contributed by atoms with E-state index < -0.39 is 0 Å². The molecule has 21 heteroatoms. The molecule has 4 saturated heterocycles. The molecule has 4 fully saturated rings. The summed E-state index contributed by atoms with van der Waals surface area (Å²) in [6.07, 6.45) is 11.0. The molecule has 0 spiro atoms. The minimum absolute atomic E-state index is 0. The van der Waals surface area contributed by atoms with Gasteiger partial charge in [-0.2, -0.15) is 0 Å². The zero-order chi connectivity index (χ0) is 58.8. The van der Waals surface area contributed by atoms with Crippen LogP contribution < -0.4 is 6.15 Å². The Labute approximate surface area is 514 Å². The molecule has 8 heterocycles. The van der Waals surface area contributed by atoms with E-state index in [4.69, 9.17) is 0 Å². The fraction of sp³-hybridized carbons (Fsp3) is 0.375. The lowest BCUT2D eigenvalue weighted by molar-refractivity contribution is 0.0777. The van der Waals surface area contributed by atoms with Crippen LogP contribution >= 0.6 is 43.2 Å². The molecule has 0 aliphatic carbocycles. The van der Waals surface area contributed by atoms with Crippen molar-refractivity contribution < 1.29 is 19.2 Å². The number of nitrogens with zero attached hydrogens (tertiary/aromatic N) is 12. The van der Waals surface area contributed by atoms with Crippen molar-refractivity contribution in [1.82, 2.24) is 65.3 Å². The summed E-state index contributed by atoms with van der Waals surface area (Å²) < 4.78 is 0. The maximum Gasteiger partial charge on any atom is 0.254 e. The number of likely N-dealkylation sites (N-methyl/N-ethyl adjacent to an activating group) is 4. The molecule has 4 atom stereocenters. The van der Waals surface area contributed by atoms with Gasteiger partial charge in [0.2, 0.25) is 0 Å². The fourth-order valence-electron chi connectivity index (χ4n) is 11.9. The van der Waals surface area contributed by atoms with Crippen LogP contribution in [0.2, 0.25) is 0 Å². The SMILES string of the molecule is CN(C)C1CCN(C(=O)c2ccc(SSc3ccc(C(=O)N4CCC(N(C)C)C4)c4cccnc34)c3ncccc23)C1.CN(C)C1CCN(C(=O)c2ccnc3c(SSc4cccc5c(C(=O)N6CCC(N(C)C)C6)ccnc45)cccc23)C1.N. The standard InChI is InChI=1S/2C32H36N6O2S2.H3N/c1-35(2)21-13-17-37(19-21)31(39)25-9-11-27(29-23(25)7-5-15-33-29)41-42-28-12-10-26(24-8-6-16-34-30(24)28)32(40)38-18-14-22(20-38)36(3)4;1-35(2)21-13-17-37(19-21)31(39)25-11-15-33-29-23(25)7-5-9-27(29)41-42-28-10-6-8-24-26(12-16-34-30(24)28)32(40)38-18-14-22(20-38)36(3)4;/h2*5-12,15-16,21-22H,13-14,17-20H2,1-4H3;1H3. The number of aromatic nitrogens is 4. The molecular formula is C64H75N13O4S4. The van der Waals surface area contributed by atoms with Crippen LogP contribution in [0.1, 0.15) is 67.1 Å². The zero-order valence-electron chi connectivity index (χ0n) is 49.7. The van der Waals surface area contributed by atoms with E-state index >= 15 is 0 Å². The Bertz CT molecular complexity index is 3380. The first-order chi connectivity index (χ1) is 40.6. The minimum Gasteiger partial charge on any atom is -0.344 e. The second kappa shape index (κ2) is 27.1. The summed E-state index contributed by atoms with van der Waals surface area (Å²) >= 11 is 0. The summed E-state index contributed by atoms with van der Waals surface area (Å²) in [4.78, 5) is 93.4. The van der Waals surface area contributed by atoms with Gasteiger partial charge in [-0.05, 0) is 143 Å². The van der Waals surface area contributed by atoms with Crippen LogP contribution in [0.25, 0.3) is 43.6 Å². The molecule has 0 bridgehead atoms. The Hall–Kier alpha value is -6.40. The topological polar surface area (TPSA) is 181 Å². The molecule has 0 radical (unpaired) electrons. The first-order valence-electron chi connectivity index (χ1n) is 28.7. The number of rotatable bonds is 14. The van der Waals surface area contributed by atoms with E-state index in [1.807, 2.05) is 117 Å². The van der Waals surface area contributed by atoms with Gasteiger partial charge < -0.3 is 45.3 Å². The van der Waals surface area contributed by atoms with Crippen molar-refractivity contribution in [1.29, 1.82) is 0 Å². The van der Waals surface area contributed by atoms with Crippen LogP contribution in [0.15, 0.2) is 141 Å². The van der Waals surface area contributed by atoms with E-state index in [9.17, 15) is 19.2 Å². The van der Waals surface area contributed by atoms with Crippen LogP contribution in [0.3, 0.4) is 0 Å². The summed E-state index contributed by atoms with van der Waals surface area (Å²) in [7, 11) is 23.0. The van der Waals surface area contributed by atoms with Crippen LogP contribution in [-0.2, 0) is 0 Å². The van der Waals surface area contributed by atoms with Gasteiger partial charge in [0.05, 0.1) is 33.2 Å². The lowest BCUT2D eigenvalue weighted by atomic mass is 10.1. The average molecular weight is 1220 g/mol. The molecule has 17 nitrogen and oxygen atoms in total. The second-order valence-electron chi connectivity index (χ2n) is 23.0. The Kier molecular flexibility index (Phi) is 19.7. The molecule has 8 aromatic rings. The van der Waals surface area contributed by atoms with E-state index in [1.54, 1.807) is 68.0 Å². The molecule has 4 unspecified atom stereocenters. The highest BCUT2D eigenvalue weighted by Gasteiger charge is 2.33. The maximum absolute atomic E-state index is 13.5. The molecule has 12 rings (SSSR count). The van der Waals surface area contributed by atoms with Gasteiger partial charge in [0.25, 0.3) is 23.6 Å². The van der Waals surface area contributed by atoms with Crippen LogP contribution in [-0.4, -0.2) is 216 Å². The molecule has 444 valence electrons. The summed E-state index contributed by atoms with van der Waals surface area (Å²) in [5, 5.41) is 3.47. The number of hydrogen-bond donors (Lipinski definition) is 1. The number of carbonyl (C=O) groups is 4. The smallest absolute Gasteiger partial charge is 0.254 e. The first-order valence-corrected chi connectivity index (χ1v) is 33.0. The van der Waals surface area contributed by atoms with Crippen molar-refractivity contribution in [3.8, 4) is 0 Å². The fourth-order valence-corrected chi connectivity index (χ4v) is 16.4. The van der Waals surface area contributed by atoms with E-state index in [0.29, 0.717) is 46.4 Å². The third-order valence-electron chi connectivity index (χ3n) is 17.0. The molecule has 4 aliphatic rings. The monoisotopic (exact) mass is 1220 g/mol. The highest BCUT2D eigenvalue weighted by Crippen LogP contribution is 2.45. The molecule has 85 heavy (non-hydrogen) atoms. The van der Waals surface area contributed by atoms with Crippen molar-refractivity contribution in [3.63, 3.8) is 0 Å². The Morgan fingerprint density at radius 3 is 0.894 bits per heavy atom. The number of fused-ring (bicyclic) bond motifs is 4. The minimum atomic E-state index is 0. The average Bonchev–Trinajstić information content (AvgIpc) is 4.55. The summed E-state index contributed by atoms with van der Waals surface area (Å²) in [5.74, 6) is 0.248. The number of amides is 4. The number of para-hydroxylation sites is 2. The number of benzene rings is 4. The summed E-state index contributed by atoms with van der Waals surface area (Å²) in [6, 6.07) is 32.9. The predicted octanol–water partition coefficient (Wildman–Crippen LogP) is 10.4. The van der Waals surface area contributed by atoms with Gasteiger partial charge in [0, 0.05) is 154 Å². The van der Waals surface area contributed by atoms with Gasteiger partial charge in [-0.1, -0.05) is 79.6 Å². The van der Waals surface area contributed by atoms with Crippen molar-refractivity contribution in [2.75, 3.05) is 109 Å². The number of likely N-dealkylation sites (tertiary alicyclic amines) is 4. The van der Waals surface area contributed by atoms with Gasteiger partial charge in [-0.3, -0.25) is 39.1 Å². The van der Waals surface area contributed by atoms with Gasteiger partial charge in [0.1, 0.15) is 0 Å². The molecule has 4 aromatic heterocycles. The van der Waals surface area contributed by atoms with Gasteiger partial charge in [-0.15, -0.1) is 0 Å². The van der Waals surface area contributed by atoms with Crippen LogP contribution in [0.5, 0.6) is 0 Å². The van der Waals surface area contributed by atoms with Crippen molar-refractivity contribution in [2.24, 2.45) is 0 Å². The lowest BCUT2D eigenvalue weighted by Gasteiger charge is -2.21. The quantitative estimate of drug-likeness (QED) is 0.101. The largest absolute Gasteiger partial charge is 0.344 e. The highest BCUT2D eigenvalue weighted by molar-refractivity contribution is 8.77. The Morgan fingerprint density at radius 2 is 0.612 bits per heavy atom. The maximum atomic E-state index is 13.5. The van der Waals surface area contributed by atoms with Crippen molar-refractivity contribution in [3.05, 3.63) is 144 Å². The van der Waals surface area contributed by atoms with Gasteiger partial charge >= 0.3 is 0 Å². The normalized spacial score (nSPS) is 18.9. The molecule has 4 aliphatic heterocycles. The van der Waals surface area contributed by atoms with Crippen LogP contribution in [0.4, 0.5) is 0 Å². The molecule has 0 saturated carbocycles. The zero-order valence-corrected chi connectivity index (χ0v) is 52.9. The molecule has 3 N–H and O–H groups in total. The molecule has 4 amide bonds. The molecular weight excluding hydrogens is 1140 g/mol. The lowest BCUT2D eigenvalue weighted by Crippen LogP contribution is -2.34. The Morgan fingerprint density at radius 1 is 0.353 bits per heavy atom. The second-order valence-corrected chi connectivity index (χ2v) is 27.4. The third kappa shape index (κ3) is 13.2. The number of pyridine rings is 4. The first kappa shape index (κ1) is 61.7. The van der Waals surface area contributed by atoms with E-state index in [2.05, 4.69) is 95.9 Å². The van der Waals surface area contributed by atoms with Crippen molar-refractivity contribution in [2.45, 2.75) is 69.4 Å². The Balaban J connectivity index is 0.000000187. The van der Waals surface area contributed by atoms with E-state index in [0.717, 1.165) is 141 Å². The highest BCUT2D eigenvalue weighted by atomic mass is 33.1. The van der Waals surface area contributed by atoms with E-state index in [-0.39, 0.29) is 29.8 Å². The summed E-state index contributed by atoms with van der Waals surface area (Å²) in [5.41, 5.74) is 6.05. The number of carbonyl (C=O) groups excluding carboxylic acids is 4. The van der Waals surface area contributed by atoms with Gasteiger partial charge in [-0.25, -0.2) is 0 Å². The van der Waals surface area contributed by atoms with Crippen LogP contribution in [0, 0.1) is 0 Å². The summed E-state index contributed by atoms with van der Waals surface area (Å²) in [6.45, 7) is 6.04. The van der Waals surface area contributed by atoms with Gasteiger partial charge in [0.15, 0.2) is 0 Å². The van der Waals surface area contributed by atoms with Crippen molar-refractivity contribution >= 4 is 110 Å². The third-order valence-corrected chi connectivity index (χ3v) is 21.9. The van der Waals surface area contributed by atoms with E-state index in [1.165, 1.54) is 0 Å².